The van der Waals surface area contributed by atoms with Crippen LogP contribution in [0.1, 0.15) is 31.2 Å². The Balaban J connectivity index is 1.96. The molecule has 2 aliphatic heterocycles. The van der Waals surface area contributed by atoms with Gasteiger partial charge in [-0.2, -0.15) is 0 Å². The van der Waals surface area contributed by atoms with E-state index in [0.717, 1.165) is 17.3 Å². The molecule has 0 aromatic heterocycles. The fraction of sp³-hybridized carbons (Fsp3) is 0.571. The molecule has 0 amide bonds. The van der Waals surface area contributed by atoms with Crippen molar-refractivity contribution in [1.82, 2.24) is 0 Å². The maximum absolute atomic E-state index is 9.87. The van der Waals surface area contributed by atoms with Crippen LogP contribution in [0.25, 0.3) is 0 Å². The van der Waals surface area contributed by atoms with Crippen molar-refractivity contribution in [3.63, 3.8) is 0 Å². The van der Waals surface area contributed by atoms with Crippen molar-refractivity contribution in [2.75, 3.05) is 4.90 Å². The minimum atomic E-state index is -0.115. The standard InChI is InChI=1S/C14H19BrN2O/c15-10-1-4-14(9(5-10)8-16)17-11-2-3-12(17)7-13(18)6-11/h1,4-5,11-13,18H,2-3,6-8,16H2. The maximum Gasteiger partial charge on any atom is 0.0579 e. The van der Waals surface area contributed by atoms with E-state index in [1.54, 1.807) is 0 Å². The number of nitrogens with two attached hydrogens (primary N) is 1. The summed E-state index contributed by atoms with van der Waals surface area (Å²) in [5, 5.41) is 9.87. The third-order valence-corrected chi connectivity index (χ3v) is 4.74. The number of aliphatic hydroxyl groups excluding tert-OH is 1. The highest BCUT2D eigenvalue weighted by Gasteiger charge is 2.40. The molecule has 2 atom stereocenters. The molecule has 1 aromatic carbocycles. The predicted octanol–water partition coefficient (Wildman–Crippen LogP) is 2.40. The topological polar surface area (TPSA) is 49.5 Å². The lowest BCUT2D eigenvalue weighted by Crippen LogP contribution is -2.45. The van der Waals surface area contributed by atoms with Crippen LogP contribution in [0, 0.1) is 0 Å². The number of rotatable bonds is 2. The van der Waals surface area contributed by atoms with Gasteiger partial charge in [-0.25, -0.2) is 0 Å². The number of hydrogen-bond donors (Lipinski definition) is 2. The van der Waals surface area contributed by atoms with Crippen molar-refractivity contribution in [2.24, 2.45) is 5.73 Å². The zero-order chi connectivity index (χ0) is 12.7. The molecule has 2 aliphatic rings. The normalized spacial score (nSPS) is 30.8. The Morgan fingerprint density at radius 2 is 1.94 bits per heavy atom. The van der Waals surface area contributed by atoms with Gasteiger partial charge in [0.1, 0.15) is 0 Å². The van der Waals surface area contributed by atoms with E-state index in [9.17, 15) is 5.11 Å². The van der Waals surface area contributed by atoms with Gasteiger partial charge in [0.25, 0.3) is 0 Å². The number of halogens is 1. The lowest BCUT2D eigenvalue weighted by molar-refractivity contribution is 0.126. The zero-order valence-electron chi connectivity index (χ0n) is 10.3. The van der Waals surface area contributed by atoms with Gasteiger partial charge in [0.2, 0.25) is 0 Å². The SMILES string of the molecule is NCc1cc(Br)ccc1N1C2CCC1CC(O)C2. The van der Waals surface area contributed by atoms with Crippen LogP contribution >= 0.6 is 15.9 Å². The number of piperidine rings is 1. The van der Waals surface area contributed by atoms with Crippen LogP contribution in [0.3, 0.4) is 0 Å². The molecule has 3 N–H and O–H groups in total. The molecule has 3 nitrogen and oxygen atoms in total. The van der Waals surface area contributed by atoms with Crippen LogP contribution in [0.2, 0.25) is 0 Å². The Morgan fingerprint density at radius 3 is 2.56 bits per heavy atom. The number of benzene rings is 1. The Hall–Kier alpha value is -0.580. The molecule has 2 heterocycles. The van der Waals surface area contributed by atoms with Gasteiger partial charge in [0.15, 0.2) is 0 Å². The van der Waals surface area contributed by atoms with Gasteiger partial charge in [0.05, 0.1) is 6.10 Å². The molecule has 0 aliphatic carbocycles. The lowest BCUT2D eigenvalue weighted by Gasteiger charge is -2.40. The molecule has 98 valence electrons. The molecule has 4 heteroatoms. The van der Waals surface area contributed by atoms with E-state index in [2.05, 4.69) is 39.0 Å². The fourth-order valence-corrected chi connectivity index (χ4v) is 3.92. The van der Waals surface area contributed by atoms with Crippen LogP contribution in [-0.2, 0) is 6.54 Å². The van der Waals surface area contributed by atoms with Crippen molar-refractivity contribution in [3.8, 4) is 0 Å². The first-order chi connectivity index (χ1) is 8.69. The van der Waals surface area contributed by atoms with Crippen LogP contribution in [-0.4, -0.2) is 23.3 Å². The minimum absolute atomic E-state index is 0.115. The molecule has 18 heavy (non-hydrogen) atoms. The zero-order valence-corrected chi connectivity index (χ0v) is 11.9. The van der Waals surface area contributed by atoms with Gasteiger partial charge in [0, 0.05) is 28.8 Å². The molecule has 3 rings (SSSR count). The highest BCUT2D eigenvalue weighted by Crippen LogP contribution is 2.41. The molecule has 2 unspecified atom stereocenters. The smallest absolute Gasteiger partial charge is 0.0579 e. The minimum Gasteiger partial charge on any atom is -0.393 e. The first-order valence-electron chi connectivity index (χ1n) is 6.64. The molecule has 2 saturated heterocycles. The van der Waals surface area contributed by atoms with Crippen LogP contribution in [0.5, 0.6) is 0 Å². The van der Waals surface area contributed by atoms with Crippen molar-refractivity contribution in [3.05, 3.63) is 28.2 Å². The van der Waals surface area contributed by atoms with E-state index in [4.69, 9.17) is 5.73 Å². The van der Waals surface area contributed by atoms with Crippen LogP contribution in [0.15, 0.2) is 22.7 Å². The van der Waals surface area contributed by atoms with E-state index >= 15 is 0 Å². The van der Waals surface area contributed by atoms with Crippen LogP contribution < -0.4 is 10.6 Å². The van der Waals surface area contributed by atoms with Gasteiger partial charge in [-0.15, -0.1) is 0 Å². The molecule has 0 radical (unpaired) electrons. The first kappa shape index (κ1) is 12.5. The summed E-state index contributed by atoms with van der Waals surface area (Å²) in [5.74, 6) is 0. The highest BCUT2D eigenvalue weighted by atomic mass is 79.9. The van der Waals surface area contributed by atoms with E-state index in [-0.39, 0.29) is 6.10 Å². The number of fused-ring (bicyclic) bond motifs is 2. The number of nitrogens with zero attached hydrogens (tertiary/aromatic N) is 1. The lowest BCUT2D eigenvalue weighted by atomic mass is 9.98. The quantitative estimate of drug-likeness (QED) is 0.882. The highest BCUT2D eigenvalue weighted by molar-refractivity contribution is 9.10. The average Bonchev–Trinajstić information content (AvgIpc) is 2.62. The summed E-state index contributed by atoms with van der Waals surface area (Å²) in [6.07, 6.45) is 4.08. The van der Waals surface area contributed by atoms with Gasteiger partial charge >= 0.3 is 0 Å². The first-order valence-corrected chi connectivity index (χ1v) is 7.43. The predicted molar refractivity (Wildman–Crippen MR) is 76.6 cm³/mol. The maximum atomic E-state index is 9.87. The average molecular weight is 311 g/mol. The largest absolute Gasteiger partial charge is 0.393 e. The summed E-state index contributed by atoms with van der Waals surface area (Å²) in [7, 11) is 0. The second-order valence-corrected chi connectivity index (χ2v) is 6.31. The molecule has 0 spiro atoms. The summed E-state index contributed by atoms with van der Waals surface area (Å²) < 4.78 is 1.08. The molecule has 2 fully saturated rings. The monoisotopic (exact) mass is 310 g/mol. The van der Waals surface area contributed by atoms with Crippen LogP contribution in [0.4, 0.5) is 5.69 Å². The molecule has 1 aromatic rings. The molecular weight excluding hydrogens is 292 g/mol. The molecule has 2 bridgehead atoms. The summed E-state index contributed by atoms with van der Waals surface area (Å²) in [5.41, 5.74) is 8.32. The number of hydrogen-bond acceptors (Lipinski definition) is 3. The van der Waals surface area contributed by atoms with E-state index in [0.29, 0.717) is 18.6 Å². The van der Waals surface area contributed by atoms with Crippen molar-refractivity contribution in [2.45, 2.75) is 50.4 Å². The van der Waals surface area contributed by atoms with Gasteiger partial charge in [-0.1, -0.05) is 15.9 Å². The van der Waals surface area contributed by atoms with E-state index in [1.165, 1.54) is 24.1 Å². The Bertz CT molecular complexity index is 437. The second-order valence-electron chi connectivity index (χ2n) is 5.39. The van der Waals surface area contributed by atoms with E-state index < -0.39 is 0 Å². The van der Waals surface area contributed by atoms with Gasteiger partial charge in [-0.05, 0) is 49.4 Å². The summed E-state index contributed by atoms with van der Waals surface area (Å²) >= 11 is 3.50. The van der Waals surface area contributed by atoms with Gasteiger partial charge < -0.3 is 15.7 Å². The Morgan fingerprint density at radius 1 is 1.28 bits per heavy atom. The van der Waals surface area contributed by atoms with Crippen molar-refractivity contribution in [1.29, 1.82) is 0 Å². The van der Waals surface area contributed by atoms with Gasteiger partial charge in [-0.3, -0.25) is 0 Å². The fourth-order valence-electron chi connectivity index (χ4n) is 3.51. The third-order valence-electron chi connectivity index (χ3n) is 4.25. The summed E-state index contributed by atoms with van der Waals surface area (Å²) in [6.45, 7) is 0.563. The van der Waals surface area contributed by atoms with Crippen molar-refractivity contribution < 1.29 is 5.11 Å². The second kappa shape index (κ2) is 4.83. The van der Waals surface area contributed by atoms with E-state index in [1.807, 2.05) is 0 Å². The summed E-state index contributed by atoms with van der Waals surface area (Å²) in [4.78, 5) is 2.50. The number of anilines is 1. The third kappa shape index (κ3) is 2.06. The molecule has 0 saturated carbocycles. The summed E-state index contributed by atoms with van der Waals surface area (Å²) in [6, 6.07) is 7.34. The van der Waals surface area contributed by atoms with Crippen molar-refractivity contribution >= 4 is 21.6 Å². The Labute approximate surface area is 116 Å². The Kier molecular flexibility index (Phi) is 3.34. The number of aliphatic hydroxyl groups is 1. The molecular formula is C14H19BrN2O.